The minimum absolute atomic E-state index is 0. The lowest BCUT2D eigenvalue weighted by Gasteiger charge is -1.82. The van der Waals surface area contributed by atoms with Crippen molar-refractivity contribution in [2.45, 2.75) is 20.3 Å². The maximum Gasteiger partial charge on any atom is 0.103 e. The first kappa shape index (κ1) is 29.2. The van der Waals surface area contributed by atoms with Crippen LogP contribution in [-0.2, 0) is 6.42 Å². The molecule has 0 aromatic carbocycles. The lowest BCUT2D eigenvalue weighted by atomic mass is 10.4. The number of aromatic nitrogens is 2. The third-order valence-corrected chi connectivity index (χ3v) is 1.14. The van der Waals surface area contributed by atoms with E-state index in [1.54, 1.807) is 0 Å². The average molecular weight is 283 g/mol. The Hall–Kier alpha value is 0.902. The summed E-state index contributed by atoms with van der Waals surface area (Å²) in [7, 11) is 0. The van der Waals surface area contributed by atoms with Gasteiger partial charge in [-0.3, -0.25) is 0 Å². The second kappa shape index (κ2) is 15.4. The van der Waals surface area contributed by atoms with Crippen molar-refractivity contribution in [1.82, 2.24) is 9.97 Å². The lowest BCUT2D eigenvalue weighted by molar-refractivity contribution is 1.04. The molecule has 0 atom stereocenters. The molecule has 0 bridgehead atoms. The Bertz CT molecular complexity index is 183. The molecule has 7 heteroatoms. The third-order valence-electron chi connectivity index (χ3n) is 1.14. The Morgan fingerprint density at radius 2 is 1.69 bits per heavy atom. The number of rotatable bonds is 1. The van der Waals surface area contributed by atoms with Gasteiger partial charge in [-0.1, -0.05) is 6.92 Å². The quantitative estimate of drug-likeness (QED) is 0.788. The predicted octanol–water partition coefficient (Wildman–Crippen LogP) is 2.59. The molecule has 0 spiro atoms. The van der Waals surface area contributed by atoms with Crippen LogP contribution >= 0.6 is 49.6 Å². The van der Waals surface area contributed by atoms with Gasteiger partial charge < -0.3 is 4.98 Å². The van der Waals surface area contributed by atoms with Crippen LogP contribution in [0.2, 0.25) is 0 Å². The molecular weight excluding hydrogens is 269 g/mol. The van der Waals surface area contributed by atoms with Crippen molar-refractivity contribution in [3.8, 4) is 0 Å². The molecule has 0 aliphatic carbocycles. The van der Waals surface area contributed by atoms with Crippen molar-refractivity contribution >= 4 is 67.0 Å². The Morgan fingerprint density at radius 3 is 1.85 bits per heavy atom. The van der Waals surface area contributed by atoms with Gasteiger partial charge in [-0.2, -0.15) is 0 Å². The minimum atomic E-state index is 0. The molecule has 79 valence electrons. The molecule has 0 aliphatic heterocycles. The number of nitrogens with one attached hydrogen (secondary N) is 1. The van der Waals surface area contributed by atoms with E-state index in [9.17, 15) is 0 Å². The molecule has 13 heavy (non-hydrogen) atoms. The molecule has 1 N–H and O–H groups in total. The van der Waals surface area contributed by atoms with E-state index in [-0.39, 0.29) is 67.0 Å². The first-order valence-electron chi connectivity index (χ1n) is 2.83. The number of hydrogen-bond acceptors (Lipinski definition) is 1. The van der Waals surface area contributed by atoms with Crippen molar-refractivity contribution in [3.05, 3.63) is 17.7 Å². The fourth-order valence-corrected chi connectivity index (χ4v) is 0.651. The second-order valence-corrected chi connectivity index (χ2v) is 1.85. The van der Waals surface area contributed by atoms with Gasteiger partial charge in [0, 0.05) is 29.3 Å². The monoisotopic (exact) mass is 281 g/mol. The maximum atomic E-state index is 4.03. The maximum absolute atomic E-state index is 4.03. The number of hydrogen-bond donors (Lipinski definition) is 1. The summed E-state index contributed by atoms with van der Waals surface area (Å²) in [6.07, 6.45) is 2.91. The standard InChI is InChI=1S/C6H10N2.Al.4ClH/c1-3-6-4-7-5(2)8-6;;;;;/h4H,3H2,1-2H3,(H,7,8);;4*1H. The summed E-state index contributed by atoms with van der Waals surface area (Å²) in [4.78, 5) is 7.15. The molecule has 0 saturated heterocycles. The zero-order valence-electron chi connectivity index (χ0n) is 7.44. The van der Waals surface area contributed by atoms with E-state index in [0.29, 0.717) is 0 Å². The van der Waals surface area contributed by atoms with E-state index in [4.69, 9.17) is 0 Å². The van der Waals surface area contributed by atoms with Gasteiger partial charge in [-0.05, 0) is 13.3 Å². The molecule has 1 rings (SSSR count). The van der Waals surface area contributed by atoms with Crippen molar-refractivity contribution in [1.29, 1.82) is 0 Å². The summed E-state index contributed by atoms with van der Waals surface area (Å²) >= 11 is 0. The highest BCUT2D eigenvalue weighted by molar-refractivity contribution is 5.86. The molecule has 0 fully saturated rings. The number of halogens is 4. The lowest BCUT2D eigenvalue weighted by Crippen LogP contribution is -1.76. The van der Waals surface area contributed by atoms with Gasteiger partial charge in [0.15, 0.2) is 0 Å². The van der Waals surface area contributed by atoms with E-state index in [0.717, 1.165) is 12.2 Å². The number of H-pyrrole nitrogens is 1. The molecule has 0 saturated carbocycles. The second-order valence-electron chi connectivity index (χ2n) is 1.85. The van der Waals surface area contributed by atoms with Crippen LogP contribution < -0.4 is 0 Å². The average Bonchev–Trinajstić information content (AvgIpc) is 2.14. The van der Waals surface area contributed by atoms with E-state index in [1.165, 1.54) is 5.69 Å². The zero-order valence-corrected chi connectivity index (χ0v) is 11.9. The Balaban J connectivity index is -0.0000000427. The topological polar surface area (TPSA) is 28.7 Å². The van der Waals surface area contributed by atoms with Crippen LogP contribution in [0.1, 0.15) is 18.4 Å². The van der Waals surface area contributed by atoms with Gasteiger partial charge >= 0.3 is 0 Å². The fourth-order valence-electron chi connectivity index (χ4n) is 0.651. The van der Waals surface area contributed by atoms with E-state index in [1.807, 2.05) is 13.1 Å². The Kier molecular flexibility index (Phi) is 34.5. The van der Waals surface area contributed by atoms with Crippen molar-refractivity contribution in [2.24, 2.45) is 0 Å². The normalized spacial score (nSPS) is 6.00. The molecule has 1 aromatic rings. The first-order chi connectivity index (χ1) is 3.83. The summed E-state index contributed by atoms with van der Waals surface area (Å²) in [6, 6.07) is 0. The summed E-state index contributed by atoms with van der Waals surface area (Å²) in [5.41, 5.74) is 1.21. The third kappa shape index (κ3) is 10.8. The van der Waals surface area contributed by atoms with Crippen LogP contribution in [-0.4, -0.2) is 27.3 Å². The van der Waals surface area contributed by atoms with Crippen LogP contribution in [0.4, 0.5) is 0 Å². The van der Waals surface area contributed by atoms with Crippen molar-refractivity contribution in [2.75, 3.05) is 0 Å². The van der Waals surface area contributed by atoms with Crippen molar-refractivity contribution in [3.63, 3.8) is 0 Å². The van der Waals surface area contributed by atoms with E-state index >= 15 is 0 Å². The number of nitrogens with zero attached hydrogens (tertiary/aromatic N) is 1. The summed E-state index contributed by atoms with van der Waals surface area (Å²) < 4.78 is 0. The number of aromatic amines is 1. The van der Waals surface area contributed by atoms with E-state index < -0.39 is 0 Å². The van der Waals surface area contributed by atoms with Crippen molar-refractivity contribution < 1.29 is 0 Å². The predicted molar refractivity (Wildman–Crippen MR) is 67.4 cm³/mol. The highest BCUT2D eigenvalue weighted by Crippen LogP contribution is 1.94. The minimum Gasteiger partial charge on any atom is -0.346 e. The zero-order chi connectivity index (χ0) is 5.98. The van der Waals surface area contributed by atoms with Crippen LogP contribution in [0.5, 0.6) is 0 Å². The Labute approximate surface area is 114 Å². The van der Waals surface area contributed by atoms with Crippen LogP contribution in [0.25, 0.3) is 0 Å². The number of imidazole rings is 1. The number of aryl methyl sites for hydroxylation is 2. The molecule has 2 nitrogen and oxygen atoms in total. The van der Waals surface area contributed by atoms with E-state index in [2.05, 4.69) is 16.9 Å². The highest BCUT2D eigenvalue weighted by atomic mass is 35.5. The van der Waals surface area contributed by atoms with Gasteiger partial charge in [0.25, 0.3) is 0 Å². The summed E-state index contributed by atoms with van der Waals surface area (Å²) in [5.74, 6) is 1.00. The SMILES string of the molecule is CCc1cnc(C)[nH]1.Cl.Cl.Cl.Cl.[Al]. The Morgan fingerprint density at radius 1 is 1.23 bits per heavy atom. The van der Waals surface area contributed by atoms with Gasteiger partial charge in [-0.15, -0.1) is 49.6 Å². The molecular formula is C6H14AlCl4N2. The first-order valence-corrected chi connectivity index (χ1v) is 2.83. The van der Waals surface area contributed by atoms with Crippen LogP contribution in [0.3, 0.4) is 0 Å². The molecule has 1 aromatic heterocycles. The smallest absolute Gasteiger partial charge is 0.103 e. The van der Waals surface area contributed by atoms with Gasteiger partial charge in [0.05, 0.1) is 0 Å². The molecule has 0 aliphatic rings. The fraction of sp³-hybridized carbons (Fsp3) is 0.500. The van der Waals surface area contributed by atoms with Gasteiger partial charge in [0.1, 0.15) is 5.82 Å². The summed E-state index contributed by atoms with van der Waals surface area (Å²) in [6.45, 7) is 4.06. The van der Waals surface area contributed by atoms with Crippen LogP contribution in [0.15, 0.2) is 6.20 Å². The largest absolute Gasteiger partial charge is 0.346 e. The van der Waals surface area contributed by atoms with Crippen LogP contribution in [0, 0.1) is 6.92 Å². The molecule has 3 radical (unpaired) electrons. The highest BCUT2D eigenvalue weighted by Gasteiger charge is 1.89. The van der Waals surface area contributed by atoms with Gasteiger partial charge in [-0.25, -0.2) is 4.98 Å². The molecule has 0 amide bonds. The molecule has 1 heterocycles. The molecule has 0 unspecified atom stereocenters. The van der Waals surface area contributed by atoms with Gasteiger partial charge in [0.2, 0.25) is 0 Å². The summed E-state index contributed by atoms with van der Waals surface area (Å²) in [5, 5.41) is 0.